The lowest BCUT2D eigenvalue weighted by Crippen LogP contribution is -2.53. The highest BCUT2D eigenvalue weighted by molar-refractivity contribution is 5.87. The van der Waals surface area contributed by atoms with Gasteiger partial charge >= 0.3 is 0 Å². The van der Waals surface area contributed by atoms with Crippen molar-refractivity contribution in [1.82, 2.24) is 0 Å². The number of carbonyl (C=O) groups excluding carboxylic acids is 1. The van der Waals surface area contributed by atoms with Crippen LogP contribution in [0, 0.1) is 41.4 Å². The Hall–Kier alpha value is -1.11. The summed E-state index contributed by atoms with van der Waals surface area (Å²) in [5, 5.41) is 20.6. The Balaban J connectivity index is 0.000000791. The van der Waals surface area contributed by atoms with E-state index < -0.39 is 6.10 Å². The molecule has 0 aromatic carbocycles. The molecular weight excluding hydrogens is 324 g/mol. The molecule has 0 radical (unpaired) electrons. The highest BCUT2D eigenvalue weighted by atomic mass is 16.3. The number of carbonyl (C=O) groups is 1. The second-order valence-corrected chi connectivity index (χ2v) is 8.22. The first-order valence-electron chi connectivity index (χ1n) is 10.2. The molecule has 0 amide bonds. The fourth-order valence-corrected chi connectivity index (χ4v) is 6.03. The van der Waals surface area contributed by atoms with Gasteiger partial charge in [0.15, 0.2) is 0 Å². The highest BCUT2D eigenvalue weighted by Crippen LogP contribution is 2.62. The summed E-state index contributed by atoms with van der Waals surface area (Å²) in [5.41, 5.74) is 0.760. The minimum absolute atomic E-state index is 0.0274. The number of aliphatic hydroxyl groups is 2. The molecule has 26 heavy (non-hydrogen) atoms. The number of hydrogen-bond donors (Lipinski definition) is 2. The fraction of sp³-hybridized carbons (Fsp3) is 0.783. The topological polar surface area (TPSA) is 57.5 Å². The van der Waals surface area contributed by atoms with Crippen molar-refractivity contribution in [3.63, 3.8) is 0 Å². The van der Waals surface area contributed by atoms with Gasteiger partial charge in [-0.05, 0) is 54.4 Å². The van der Waals surface area contributed by atoms with E-state index in [0.29, 0.717) is 24.0 Å². The zero-order chi connectivity index (χ0) is 20.1. The molecule has 0 aromatic heterocycles. The summed E-state index contributed by atoms with van der Waals surface area (Å²) in [4.78, 5) is 12.4. The van der Waals surface area contributed by atoms with Crippen LogP contribution in [0.3, 0.4) is 0 Å². The Labute approximate surface area is 160 Å². The molecular formula is C23H38O3. The van der Waals surface area contributed by atoms with E-state index in [9.17, 15) is 15.0 Å². The van der Waals surface area contributed by atoms with E-state index in [4.69, 9.17) is 0 Å². The predicted molar refractivity (Wildman–Crippen MR) is 107 cm³/mol. The van der Waals surface area contributed by atoms with Crippen LogP contribution in [0.2, 0.25) is 0 Å². The lowest BCUT2D eigenvalue weighted by atomic mass is 9.49. The summed E-state index contributed by atoms with van der Waals surface area (Å²) in [7, 11) is 0. The zero-order valence-corrected chi connectivity index (χ0v) is 17.3. The average Bonchev–Trinajstić information content (AvgIpc) is 2.96. The van der Waals surface area contributed by atoms with Gasteiger partial charge < -0.3 is 10.2 Å². The standard InChI is InChI=1S/C19H30O3.C2H6.C2H2/c1-4-8-18(2)12(11-20)10-15(21)17-13-5-6-16(22)19(13,3)9-7-14(17)18;2*1-2/h10,13-15,17,20-21H,4-9,11H2,1-3H3;1-2H3;1-2H/t13?,14?,15-,17?,18-,19-;;/m0../s1. The Morgan fingerprint density at radius 3 is 2.35 bits per heavy atom. The smallest absolute Gasteiger partial charge is 0.139 e. The van der Waals surface area contributed by atoms with Crippen LogP contribution < -0.4 is 0 Å². The summed E-state index contributed by atoms with van der Waals surface area (Å²) in [6, 6.07) is 0. The first-order chi connectivity index (χ1) is 12.4. The van der Waals surface area contributed by atoms with Gasteiger partial charge in [-0.3, -0.25) is 4.79 Å². The normalized spacial score (nSPS) is 40.8. The Bertz CT molecular complexity index is 535. The molecule has 0 heterocycles. The van der Waals surface area contributed by atoms with E-state index in [1.54, 1.807) is 0 Å². The van der Waals surface area contributed by atoms with Crippen molar-refractivity contribution in [3.8, 4) is 12.8 Å². The van der Waals surface area contributed by atoms with Gasteiger partial charge in [-0.15, -0.1) is 12.8 Å². The highest BCUT2D eigenvalue weighted by Gasteiger charge is 2.59. The molecule has 3 rings (SSSR count). The second-order valence-electron chi connectivity index (χ2n) is 8.22. The van der Waals surface area contributed by atoms with Gasteiger partial charge in [0.25, 0.3) is 0 Å². The minimum Gasteiger partial charge on any atom is -0.392 e. The van der Waals surface area contributed by atoms with Crippen molar-refractivity contribution in [2.24, 2.45) is 28.6 Å². The van der Waals surface area contributed by atoms with Crippen molar-refractivity contribution in [2.75, 3.05) is 6.61 Å². The number of hydrogen-bond acceptors (Lipinski definition) is 3. The first-order valence-corrected chi connectivity index (χ1v) is 10.2. The maximum absolute atomic E-state index is 12.4. The first kappa shape index (κ1) is 22.9. The third-order valence-corrected chi connectivity index (χ3v) is 7.30. The van der Waals surface area contributed by atoms with Crippen LogP contribution in [0.25, 0.3) is 0 Å². The van der Waals surface area contributed by atoms with Gasteiger partial charge in [0.2, 0.25) is 0 Å². The largest absolute Gasteiger partial charge is 0.392 e. The van der Waals surface area contributed by atoms with Crippen molar-refractivity contribution in [2.45, 2.75) is 79.2 Å². The van der Waals surface area contributed by atoms with E-state index in [1.807, 2.05) is 19.9 Å². The summed E-state index contributed by atoms with van der Waals surface area (Å²) in [6.07, 6.45) is 15.1. The summed E-state index contributed by atoms with van der Waals surface area (Å²) in [6.45, 7) is 10.6. The van der Waals surface area contributed by atoms with E-state index >= 15 is 0 Å². The molecule has 0 saturated heterocycles. The molecule has 3 heteroatoms. The molecule has 3 aliphatic carbocycles. The van der Waals surface area contributed by atoms with Gasteiger partial charge in [0.05, 0.1) is 12.7 Å². The van der Waals surface area contributed by atoms with Crippen molar-refractivity contribution in [1.29, 1.82) is 0 Å². The molecule has 2 fully saturated rings. The molecule has 2 N–H and O–H groups in total. The van der Waals surface area contributed by atoms with Crippen LogP contribution in [0.5, 0.6) is 0 Å². The van der Waals surface area contributed by atoms with Gasteiger partial charge in [0, 0.05) is 11.8 Å². The molecule has 148 valence electrons. The Morgan fingerprint density at radius 1 is 1.19 bits per heavy atom. The van der Waals surface area contributed by atoms with E-state index in [1.165, 1.54) is 0 Å². The molecule has 3 nitrogen and oxygen atoms in total. The van der Waals surface area contributed by atoms with Crippen LogP contribution >= 0.6 is 0 Å². The Kier molecular flexibility index (Phi) is 8.11. The van der Waals surface area contributed by atoms with Crippen LogP contribution in [0.15, 0.2) is 11.6 Å². The van der Waals surface area contributed by atoms with Gasteiger partial charge in [-0.1, -0.05) is 47.1 Å². The van der Waals surface area contributed by atoms with E-state index in [2.05, 4.69) is 33.6 Å². The zero-order valence-electron chi connectivity index (χ0n) is 17.3. The molecule has 0 aliphatic heterocycles. The second kappa shape index (κ2) is 9.20. The monoisotopic (exact) mass is 362 g/mol. The molecule has 3 aliphatic rings. The number of fused-ring (bicyclic) bond motifs is 3. The maximum atomic E-state index is 12.4. The number of terminal acetylenes is 1. The number of ketones is 1. The maximum Gasteiger partial charge on any atom is 0.139 e. The van der Waals surface area contributed by atoms with Crippen LogP contribution in [0.4, 0.5) is 0 Å². The fourth-order valence-electron chi connectivity index (χ4n) is 6.03. The number of aliphatic hydroxyl groups excluding tert-OH is 2. The predicted octanol–water partition coefficient (Wildman–Crippen LogP) is 4.37. The molecule has 3 unspecified atom stereocenters. The summed E-state index contributed by atoms with van der Waals surface area (Å²) in [5.74, 6) is 1.27. The van der Waals surface area contributed by atoms with Crippen LogP contribution in [0.1, 0.15) is 73.1 Å². The number of rotatable bonds is 3. The van der Waals surface area contributed by atoms with E-state index in [-0.39, 0.29) is 23.4 Å². The van der Waals surface area contributed by atoms with Crippen molar-refractivity contribution >= 4 is 5.78 Å². The third kappa shape index (κ3) is 3.51. The third-order valence-electron chi connectivity index (χ3n) is 7.30. The van der Waals surface area contributed by atoms with Gasteiger partial charge in [-0.25, -0.2) is 0 Å². The van der Waals surface area contributed by atoms with Gasteiger partial charge in [-0.2, -0.15) is 0 Å². The van der Waals surface area contributed by atoms with Crippen LogP contribution in [-0.4, -0.2) is 28.7 Å². The average molecular weight is 363 g/mol. The quantitative estimate of drug-likeness (QED) is 0.579. The summed E-state index contributed by atoms with van der Waals surface area (Å²) < 4.78 is 0. The molecule has 0 bridgehead atoms. The van der Waals surface area contributed by atoms with E-state index in [0.717, 1.165) is 37.7 Å². The molecule has 6 atom stereocenters. The van der Waals surface area contributed by atoms with Crippen molar-refractivity contribution < 1.29 is 15.0 Å². The molecule has 2 saturated carbocycles. The Morgan fingerprint density at radius 2 is 1.81 bits per heavy atom. The van der Waals surface area contributed by atoms with Crippen LogP contribution in [-0.2, 0) is 4.79 Å². The summed E-state index contributed by atoms with van der Waals surface area (Å²) >= 11 is 0. The lowest BCUT2D eigenvalue weighted by molar-refractivity contribution is -0.135. The SMILES string of the molecule is C#C.CC.CCC[C@@]1(C)C(CO)=C[C@H](O)C2C1CC[C@]1(C)C(=O)CCC21. The molecule has 0 spiro atoms. The minimum atomic E-state index is -0.507. The molecule has 0 aromatic rings. The van der Waals surface area contributed by atoms with Crippen molar-refractivity contribution in [3.05, 3.63) is 11.6 Å². The number of Topliss-reactive ketones (excluding diaryl/α,β-unsaturated/α-hetero) is 1. The lowest BCUT2D eigenvalue weighted by Gasteiger charge is -2.56. The van der Waals surface area contributed by atoms with Gasteiger partial charge in [0.1, 0.15) is 5.78 Å².